The van der Waals surface area contributed by atoms with Gasteiger partial charge in [0.15, 0.2) is 0 Å². The van der Waals surface area contributed by atoms with Gasteiger partial charge >= 0.3 is 0 Å². The van der Waals surface area contributed by atoms with Crippen molar-refractivity contribution in [2.45, 2.75) is 18.9 Å². The van der Waals surface area contributed by atoms with Crippen molar-refractivity contribution in [3.8, 4) is 5.75 Å². The lowest BCUT2D eigenvalue weighted by molar-refractivity contribution is 0.141. The Labute approximate surface area is 143 Å². The molecular formula is C17H16ClIO2. The molecule has 1 heterocycles. The van der Waals surface area contributed by atoms with Crippen molar-refractivity contribution in [3.05, 3.63) is 62.2 Å². The normalized spacial score (nSPS) is 17.9. The molecule has 0 unspecified atom stereocenters. The van der Waals surface area contributed by atoms with E-state index in [-0.39, 0.29) is 6.10 Å². The molecule has 21 heavy (non-hydrogen) atoms. The summed E-state index contributed by atoms with van der Waals surface area (Å²) in [7, 11) is 0. The number of hydrogen-bond donors (Lipinski definition) is 0. The van der Waals surface area contributed by atoms with Gasteiger partial charge in [-0.05, 0) is 70.5 Å². The van der Waals surface area contributed by atoms with Crippen LogP contribution in [0.15, 0.2) is 42.5 Å². The van der Waals surface area contributed by atoms with Gasteiger partial charge in [0, 0.05) is 15.0 Å². The largest absolute Gasteiger partial charge is 0.488 e. The molecule has 2 nitrogen and oxygen atoms in total. The summed E-state index contributed by atoms with van der Waals surface area (Å²) in [5.41, 5.74) is 2.35. The molecule has 0 spiro atoms. The summed E-state index contributed by atoms with van der Waals surface area (Å²) in [5, 5.41) is 0.811. The molecule has 1 aliphatic rings. The fraction of sp³-hybridized carbons (Fsp3) is 0.294. The van der Waals surface area contributed by atoms with Crippen molar-refractivity contribution in [3.63, 3.8) is 0 Å². The average molecular weight is 415 g/mol. The number of rotatable bonds is 4. The Morgan fingerprint density at radius 2 is 2.14 bits per heavy atom. The van der Waals surface area contributed by atoms with Crippen molar-refractivity contribution in [2.75, 3.05) is 13.2 Å². The minimum absolute atomic E-state index is 0.182. The lowest BCUT2D eigenvalue weighted by Crippen LogP contribution is -2.15. The van der Waals surface area contributed by atoms with Gasteiger partial charge in [-0.2, -0.15) is 0 Å². The zero-order valence-corrected chi connectivity index (χ0v) is 14.4. The van der Waals surface area contributed by atoms with E-state index >= 15 is 0 Å². The highest BCUT2D eigenvalue weighted by Gasteiger charge is 2.17. The van der Waals surface area contributed by atoms with E-state index in [1.54, 1.807) is 0 Å². The molecule has 1 fully saturated rings. The zero-order valence-electron chi connectivity index (χ0n) is 11.5. The van der Waals surface area contributed by atoms with Gasteiger partial charge in [0.2, 0.25) is 0 Å². The summed E-state index contributed by atoms with van der Waals surface area (Å²) in [4.78, 5) is 0. The van der Waals surface area contributed by atoms with Crippen LogP contribution in [0.2, 0.25) is 5.02 Å². The summed E-state index contributed by atoms with van der Waals surface area (Å²) in [6.07, 6.45) is 1.96. The van der Waals surface area contributed by atoms with Gasteiger partial charge in [0.1, 0.15) is 11.9 Å². The molecule has 0 aliphatic carbocycles. The molecule has 110 valence electrons. The SMILES string of the molecule is Clc1ccc(I)cc1Cc1cccc(O[C@@H]2CCOC2)c1. The van der Waals surface area contributed by atoms with Gasteiger partial charge in [-0.3, -0.25) is 0 Å². The van der Waals surface area contributed by atoms with Gasteiger partial charge in [-0.15, -0.1) is 0 Å². The standard InChI is InChI=1S/C17H16ClIO2/c18-17-5-4-14(19)10-13(17)8-12-2-1-3-15(9-12)21-16-6-7-20-11-16/h1-5,9-10,16H,6-8,11H2/t16-/m1/s1. The second kappa shape index (κ2) is 6.99. The van der Waals surface area contributed by atoms with E-state index in [0.717, 1.165) is 35.8 Å². The first-order valence-corrected chi connectivity index (χ1v) is 8.43. The van der Waals surface area contributed by atoms with Crippen LogP contribution in [-0.2, 0) is 11.2 Å². The fourth-order valence-corrected chi connectivity index (χ4v) is 3.17. The second-order valence-corrected chi connectivity index (χ2v) is 6.82. The van der Waals surface area contributed by atoms with Crippen LogP contribution in [0.1, 0.15) is 17.5 Å². The van der Waals surface area contributed by atoms with Crippen molar-refractivity contribution in [1.29, 1.82) is 0 Å². The van der Waals surface area contributed by atoms with E-state index in [2.05, 4.69) is 40.8 Å². The number of benzene rings is 2. The first-order chi connectivity index (χ1) is 10.2. The third kappa shape index (κ3) is 4.11. The molecule has 1 aliphatic heterocycles. The van der Waals surface area contributed by atoms with Gasteiger partial charge in [0.25, 0.3) is 0 Å². The predicted octanol–water partition coefficient (Wildman–Crippen LogP) is 4.70. The zero-order chi connectivity index (χ0) is 14.7. The summed E-state index contributed by atoms with van der Waals surface area (Å²) < 4.78 is 12.5. The van der Waals surface area contributed by atoms with Crippen molar-refractivity contribution in [2.24, 2.45) is 0 Å². The van der Waals surface area contributed by atoms with Crippen LogP contribution in [0.25, 0.3) is 0 Å². The molecular weight excluding hydrogens is 399 g/mol. The minimum atomic E-state index is 0.182. The van der Waals surface area contributed by atoms with Gasteiger partial charge in [0.05, 0.1) is 13.2 Å². The molecule has 0 N–H and O–H groups in total. The second-order valence-electron chi connectivity index (χ2n) is 5.16. The van der Waals surface area contributed by atoms with Gasteiger partial charge < -0.3 is 9.47 Å². The first kappa shape index (κ1) is 15.1. The lowest BCUT2D eigenvalue weighted by atomic mass is 10.0. The average Bonchev–Trinajstić information content (AvgIpc) is 2.96. The molecule has 2 aromatic rings. The van der Waals surface area contributed by atoms with Gasteiger partial charge in [-0.25, -0.2) is 0 Å². The van der Waals surface area contributed by atoms with Crippen LogP contribution in [0.4, 0.5) is 0 Å². The van der Waals surface area contributed by atoms with E-state index in [4.69, 9.17) is 21.1 Å². The Hall–Kier alpha value is -0.780. The highest BCUT2D eigenvalue weighted by atomic mass is 127. The van der Waals surface area contributed by atoms with E-state index in [1.165, 1.54) is 9.13 Å². The van der Waals surface area contributed by atoms with Crippen LogP contribution in [-0.4, -0.2) is 19.3 Å². The monoisotopic (exact) mass is 414 g/mol. The highest BCUT2D eigenvalue weighted by molar-refractivity contribution is 14.1. The Morgan fingerprint density at radius 1 is 1.24 bits per heavy atom. The third-order valence-electron chi connectivity index (χ3n) is 3.49. The maximum absolute atomic E-state index is 6.27. The van der Waals surface area contributed by atoms with Crippen LogP contribution in [0.3, 0.4) is 0 Å². The molecule has 2 aromatic carbocycles. The Morgan fingerprint density at radius 3 is 2.95 bits per heavy atom. The maximum Gasteiger partial charge on any atom is 0.124 e. The molecule has 0 amide bonds. The molecule has 1 atom stereocenters. The van der Waals surface area contributed by atoms with Crippen molar-refractivity contribution < 1.29 is 9.47 Å². The van der Waals surface area contributed by atoms with E-state index < -0.39 is 0 Å². The van der Waals surface area contributed by atoms with Crippen LogP contribution in [0.5, 0.6) is 5.75 Å². The van der Waals surface area contributed by atoms with Crippen LogP contribution in [0, 0.1) is 3.57 Å². The molecule has 0 bridgehead atoms. The Kier molecular flexibility index (Phi) is 5.03. The molecule has 0 aromatic heterocycles. The van der Waals surface area contributed by atoms with E-state index in [9.17, 15) is 0 Å². The molecule has 3 rings (SSSR count). The summed E-state index contributed by atoms with van der Waals surface area (Å²) in [5.74, 6) is 0.907. The van der Waals surface area contributed by atoms with Crippen molar-refractivity contribution >= 4 is 34.2 Å². The summed E-state index contributed by atoms with van der Waals surface area (Å²) in [6.45, 7) is 1.48. The summed E-state index contributed by atoms with van der Waals surface area (Å²) >= 11 is 8.58. The first-order valence-electron chi connectivity index (χ1n) is 6.98. The predicted molar refractivity (Wildman–Crippen MR) is 93.3 cm³/mol. The van der Waals surface area contributed by atoms with Crippen LogP contribution >= 0.6 is 34.2 Å². The Bertz CT molecular complexity index is 624. The highest BCUT2D eigenvalue weighted by Crippen LogP contribution is 2.24. The third-order valence-corrected chi connectivity index (χ3v) is 4.53. The molecule has 1 saturated heterocycles. The topological polar surface area (TPSA) is 18.5 Å². The van der Waals surface area contributed by atoms with E-state index in [0.29, 0.717) is 6.61 Å². The molecule has 0 radical (unpaired) electrons. The Balaban J connectivity index is 1.74. The molecule has 0 saturated carbocycles. The van der Waals surface area contributed by atoms with Gasteiger partial charge in [-0.1, -0.05) is 23.7 Å². The minimum Gasteiger partial charge on any atom is -0.488 e. The fourth-order valence-electron chi connectivity index (χ4n) is 2.43. The number of hydrogen-bond acceptors (Lipinski definition) is 2. The van der Waals surface area contributed by atoms with Crippen molar-refractivity contribution in [1.82, 2.24) is 0 Å². The quantitative estimate of drug-likeness (QED) is 0.675. The number of halogens is 2. The lowest BCUT2D eigenvalue weighted by Gasteiger charge is -2.13. The molecule has 4 heteroatoms. The van der Waals surface area contributed by atoms with Crippen LogP contribution < -0.4 is 4.74 Å². The smallest absolute Gasteiger partial charge is 0.124 e. The van der Waals surface area contributed by atoms with E-state index in [1.807, 2.05) is 24.3 Å². The maximum atomic E-state index is 6.27. The summed E-state index contributed by atoms with van der Waals surface area (Å²) in [6, 6.07) is 14.3. The number of ether oxygens (including phenoxy) is 2.